The van der Waals surface area contributed by atoms with E-state index in [2.05, 4.69) is 18.9 Å². The van der Waals surface area contributed by atoms with Crippen molar-refractivity contribution < 1.29 is 10.2 Å². The Balaban J connectivity index is 2.43. The number of benzene rings is 1. The summed E-state index contributed by atoms with van der Waals surface area (Å²) in [5, 5.41) is 20.2. The molecule has 3 nitrogen and oxygen atoms in total. The summed E-state index contributed by atoms with van der Waals surface area (Å²) in [5.41, 5.74) is 0.788. The molecule has 0 saturated carbocycles. The number of hydrogen-bond donors (Lipinski definition) is 2. The largest absolute Gasteiger partial charge is 0.508 e. The molecular weight excluding hydrogens is 226 g/mol. The first kappa shape index (κ1) is 13.4. The van der Waals surface area contributed by atoms with Gasteiger partial charge in [0.05, 0.1) is 6.10 Å². The third kappa shape index (κ3) is 2.38. The fraction of sp³-hybridized carbons (Fsp3) is 0.600. The quantitative estimate of drug-likeness (QED) is 0.844. The van der Waals surface area contributed by atoms with E-state index in [9.17, 15) is 10.2 Å². The van der Waals surface area contributed by atoms with Crippen LogP contribution in [-0.4, -0.2) is 41.4 Å². The molecule has 1 heterocycles. The van der Waals surface area contributed by atoms with Crippen LogP contribution in [0.3, 0.4) is 0 Å². The number of aliphatic hydroxyl groups excluding tert-OH is 1. The van der Waals surface area contributed by atoms with Crippen LogP contribution in [-0.2, 0) is 5.41 Å². The van der Waals surface area contributed by atoms with Gasteiger partial charge in [-0.25, -0.2) is 0 Å². The van der Waals surface area contributed by atoms with Crippen LogP contribution in [0, 0.1) is 0 Å². The van der Waals surface area contributed by atoms with Crippen LogP contribution in [0.2, 0.25) is 0 Å². The molecule has 1 aliphatic rings. The molecule has 1 saturated heterocycles. The molecule has 2 atom stereocenters. The Morgan fingerprint density at radius 3 is 2.89 bits per heavy atom. The van der Waals surface area contributed by atoms with Crippen molar-refractivity contribution >= 4 is 0 Å². The summed E-state index contributed by atoms with van der Waals surface area (Å²) >= 11 is 0. The van der Waals surface area contributed by atoms with E-state index in [-0.39, 0.29) is 17.3 Å². The van der Waals surface area contributed by atoms with E-state index >= 15 is 0 Å². The topological polar surface area (TPSA) is 43.7 Å². The summed E-state index contributed by atoms with van der Waals surface area (Å²) < 4.78 is 0. The van der Waals surface area contributed by atoms with Gasteiger partial charge in [-0.2, -0.15) is 0 Å². The lowest BCUT2D eigenvalue weighted by molar-refractivity contribution is 0.0652. The molecule has 1 aromatic carbocycles. The molecule has 2 rings (SSSR count). The standard InChI is InChI=1S/C15H23NO2/c1-3-15(12-6-4-7-13(17)10-12)11-16(2)9-5-8-14(15)18/h4,6-7,10,14,17-18H,3,5,8-9,11H2,1-2H3/t14-,15-/m0/s1. The summed E-state index contributed by atoms with van der Waals surface area (Å²) in [6.07, 6.45) is 2.39. The van der Waals surface area contributed by atoms with Gasteiger partial charge in [0.25, 0.3) is 0 Å². The van der Waals surface area contributed by atoms with Gasteiger partial charge in [0.15, 0.2) is 0 Å². The Kier molecular flexibility index (Phi) is 3.93. The van der Waals surface area contributed by atoms with Gasteiger partial charge >= 0.3 is 0 Å². The second-order valence-electron chi connectivity index (χ2n) is 5.46. The normalized spacial score (nSPS) is 30.1. The van der Waals surface area contributed by atoms with E-state index in [0.29, 0.717) is 0 Å². The molecule has 18 heavy (non-hydrogen) atoms. The van der Waals surface area contributed by atoms with Crippen LogP contribution in [0.5, 0.6) is 5.75 Å². The maximum atomic E-state index is 10.6. The fourth-order valence-corrected chi connectivity index (χ4v) is 3.15. The molecule has 100 valence electrons. The van der Waals surface area contributed by atoms with Crippen molar-refractivity contribution in [3.63, 3.8) is 0 Å². The molecule has 0 radical (unpaired) electrons. The monoisotopic (exact) mass is 249 g/mol. The lowest BCUT2D eigenvalue weighted by Crippen LogP contribution is -2.45. The zero-order valence-electron chi connectivity index (χ0n) is 11.3. The molecular formula is C15H23NO2. The number of aliphatic hydroxyl groups is 1. The van der Waals surface area contributed by atoms with Crippen molar-refractivity contribution in [2.45, 2.75) is 37.7 Å². The van der Waals surface area contributed by atoms with E-state index in [1.807, 2.05) is 12.1 Å². The van der Waals surface area contributed by atoms with Crippen LogP contribution >= 0.6 is 0 Å². The number of aromatic hydroxyl groups is 1. The lowest BCUT2D eigenvalue weighted by atomic mass is 9.72. The van der Waals surface area contributed by atoms with Gasteiger partial charge in [-0.05, 0) is 50.6 Å². The van der Waals surface area contributed by atoms with Gasteiger partial charge in [0, 0.05) is 12.0 Å². The van der Waals surface area contributed by atoms with E-state index in [1.165, 1.54) is 0 Å². The second-order valence-corrected chi connectivity index (χ2v) is 5.46. The Hall–Kier alpha value is -1.06. The molecule has 0 spiro atoms. The van der Waals surface area contributed by atoms with Gasteiger partial charge < -0.3 is 15.1 Å². The second kappa shape index (κ2) is 5.29. The SMILES string of the molecule is CC[C@@]1(c2cccc(O)c2)CN(C)CCC[C@@H]1O. The third-order valence-corrected chi connectivity index (χ3v) is 4.26. The highest BCUT2D eigenvalue weighted by atomic mass is 16.3. The number of likely N-dealkylation sites (tertiary alicyclic amines) is 1. The number of nitrogens with zero attached hydrogens (tertiary/aromatic N) is 1. The maximum absolute atomic E-state index is 10.6. The summed E-state index contributed by atoms with van der Waals surface area (Å²) in [7, 11) is 2.10. The number of hydrogen-bond acceptors (Lipinski definition) is 3. The minimum Gasteiger partial charge on any atom is -0.508 e. The first-order chi connectivity index (χ1) is 8.58. The lowest BCUT2D eigenvalue weighted by Gasteiger charge is -2.38. The molecule has 0 unspecified atom stereocenters. The highest BCUT2D eigenvalue weighted by molar-refractivity contribution is 5.35. The first-order valence-electron chi connectivity index (χ1n) is 6.74. The summed E-state index contributed by atoms with van der Waals surface area (Å²) in [4.78, 5) is 2.28. The van der Waals surface area contributed by atoms with Crippen molar-refractivity contribution in [1.29, 1.82) is 0 Å². The molecule has 0 bridgehead atoms. The smallest absolute Gasteiger partial charge is 0.115 e. The number of phenols is 1. The van der Waals surface area contributed by atoms with Gasteiger partial charge in [0.2, 0.25) is 0 Å². The Labute approximate surface area is 109 Å². The zero-order valence-corrected chi connectivity index (χ0v) is 11.3. The van der Waals surface area contributed by atoms with Crippen molar-refractivity contribution in [3.05, 3.63) is 29.8 Å². The van der Waals surface area contributed by atoms with E-state index in [0.717, 1.165) is 37.9 Å². The predicted octanol–water partition coefficient (Wildman–Crippen LogP) is 2.13. The van der Waals surface area contributed by atoms with Crippen molar-refractivity contribution in [2.24, 2.45) is 0 Å². The highest BCUT2D eigenvalue weighted by Gasteiger charge is 2.40. The van der Waals surface area contributed by atoms with Crippen LogP contribution in [0.1, 0.15) is 31.7 Å². The third-order valence-electron chi connectivity index (χ3n) is 4.26. The van der Waals surface area contributed by atoms with Crippen molar-refractivity contribution in [2.75, 3.05) is 20.1 Å². The molecule has 3 heteroatoms. The molecule has 2 N–H and O–H groups in total. The molecule has 1 aromatic rings. The first-order valence-corrected chi connectivity index (χ1v) is 6.74. The van der Waals surface area contributed by atoms with Gasteiger partial charge in [0.1, 0.15) is 5.75 Å². The van der Waals surface area contributed by atoms with E-state index < -0.39 is 0 Å². The highest BCUT2D eigenvalue weighted by Crippen LogP contribution is 2.37. The van der Waals surface area contributed by atoms with Crippen molar-refractivity contribution in [3.8, 4) is 5.75 Å². The molecule has 1 fully saturated rings. The van der Waals surface area contributed by atoms with E-state index in [1.54, 1.807) is 12.1 Å². The van der Waals surface area contributed by atoms with Crippen LogP contribution in [0.15, 0.2) is 24.3 Å². The van der Waals surface area contributed by atoms with Crippen LogP contribution < -0.4 is 0 Å². The van der Waals surface area contributed by atoms with Crippen LogP contribution in [0.4, 0.5) is 0 Å². The van der Waals surface area contributed by atoms with E-state index in [4.69, 9.17) is 0 Å². The predicted molar refractivity (Wildman–Crippen MR) is 72.8 cm³/mol. The molecule has 1 aliphatic heterocycles. The molecule has 0 aliphatic carbocycles. The number of likely N-dealkylation sites (N-methyl/N-ethyl adjacent to an activating group) is 1. The fourth-order valence-electron chi connectivity index (χ4n) is 3.15. The van der Waals surface area contributed by atoms with Gasteiger partial charge in [-0.1, -0.05) is 19.1 Å². The number of phenolic OH excluding ortho intramolecular Hbond substituents is 1. The average Bonchev–Trinajstić information content (AvgIpc) is 2.49. The van der Waals surface area contributed by atoms with Gasteiger partial charge in [-0.15, -0.1) is 0 Å². The van der Waals surface area contributed by atoms with Crippen molar-refractivity contribution in [1.82, 2.24) is 4.90 Å². The Bertz CT molecular complexity index is 407. The summed E-state index contributed by atoms with van der Waals surface area (Å²) in [6, 6.07) is 7.36. The summed E-state index contributed by atoms with van der Waals surface area (Å²) in [6.45, 7) is 3.98. The molecule has 0 amide bonds. The van der Waals surface area contributed by atoms with Crippen LogP contribution in [0.25, 0.3) is 0 Å². The molecule has 0 aromatic heterocycles. The Morgan fingerprint density at radius 2 is 2.22 bits per heavy atom. The average molecular weight is 249 g/mol. The maximum Gasteiger partial charge on any atom is 0.115 e. The minimum atomic E-state index is -0.339. The summed E-state index contributed by atoms with van der Waals surface area (Å²) in [5.74, 6) is 0.277. The van der Waals surface area contributed by atoms with Gasteiger partial charge in [-0.3, -0.25) is 0 Å². The minimum absolute atomic E-state index is 0.260. The Morgan fingerprint density at radius 1 is 1.44 bits per heavy atom. The zero-order chi connectivity index (χ0) is 13.2. The number of rotatable bonds is 2.